The Morgan fingerprint density at radius 2 is 2.21 bits per heavy atom. The van der Waals surface area contributed by atoms with Gasteiger partial charge in [0.05, 0.1) is 12.3 Å². The molecule has 0 aromatic heterocycles. The van der Waals surface area contributed by atoms with Crippen LogP contribution < -0.4 is 5.73 Å². The van der Waals surface area contributed by atoms with Crippen LogP contribution in [-0.4, -0.2) is 22.1 Å². The van der Waals surface area contributed by atoms with E-state index in [2.05, 4.69) is 0 Å². The third-order valence-electron chi connectivity index (χ3n) is 1.88. The van der Waals surface area contributed by atoms with Crippen LogP contribution in [0.1, 0.15) is 12.5 Å². The van der Waals surface area contributed by atoms with Crippen LogP contribution in [0.25, 0.3) is 0 Å². The molecule has 0 aliphatic rings. The summed E-state index contributed by atoms with van der Waals surface area (Å²) in [5, 5.41) is 18.2. The Bertz CT molecular complexity index is 304. The van der Waals surface area contributed by atoms with E-state index in [0.717, 1.165) is 11.3 Å². The van der Waals surface area contributed by atoms with Crippen LogP contribution in [0.5, 0.6) is 5.75 Å². The SMILES string of the molecule is CC(CO)SCc1ccc(O)c(N)c1. The van der Waals surface area contributed by atoms with Crippen molar-refractivity contribution in [2.45, 2.75) is 17.9 Å². The number of nitrogen functional groups attached to an aromatic ring is 1. The highest BCUT2D eigenvalue weighted by molar-refractivity contribution is 7.99. The lowest BCUT2D eigenvalue weighted by molar-refractivity contribution is 0.300. The number of anilines is 1. The smallest absolute Gasteiger partial charge is 0.138 e. The number of rotatable bonds is 4. The fourth-order valence-electron chi connectivity index (χ4n) is 0.985. The molecule has 0 bridgehead atoms. The Labute approximate surface area is 87.9 Å². The molecule has 3 nitrogen and oxygen atoms in total. The van der Waals surface area contributed by atoms with Crippen LogP contribution in [0.2, 0.25) is 0 Å². The van der Waals surface area contributed by atoms with Gasteiger partial charge in [-0.3, -0.25) is 0 Å². The summed E-state index contributed by atoms with van der Waals surface area (Å²) in [5.74, 6) is 0.917. The fourth-order valence-corrected chi connectivity index (χ4v) is 1.75. The number of thioether (sulfide) groups is 1. The summed E-state index contributed by atoms with van der Waals surface area (Å²) in [4.78, 5) is 0. The standard InChI is InChI=1S/C10H15NO2S/c1-7(5-12)14-6-8-2-3-10(13)9(11)4-8/h2-4,7,12-13H,5-6,11H2,1H3. The molecule has 0 amide bonds. The molecular weight excluding hydrogens is 198 g/mol. The lowest BCUT2D eigenvalue weighted by atomic mass is 10.2. The summed E-state index contributed by atoms with van der Waals surface area (Å²) < 4.78 is 0. The van der Waals surface area contributed by atoms with Crippen LogP contribution in [0, 0.1) is 0 Å². The van der Waals surface area contributed by atoms with E-state index in [-0.39, 0.29) is 17.6 Å². The van der Waals surface area contributed by atoms with E-state index in [1.54, 1.807) is 23.9 Å². The Kier molecular flexibility index (Phi) is 4.10. The summed E-state index contributed by atoms with van der Waals surface area (Å²) in [6.07, 6.45) is 0. The van der Waals surface area contributed by atoms with Gasteiger partial charge >= 0.3 is 0 Å². The fraction of sp³-hybridized carbons (Fsp3) is 0.400. The number of nitrogens with two attached hydrogens (primary N) is 1. The summed E-state index contributed by atoms with van der Waals surface area (Å²) in [6, 6.07) is 5.18. The van der Waals surface area contributed by atoms with Crippen LogP contribution in [0.15, 0.2) is 18.2 Å². The molecule has 0 spiro atoms. The third kappa shape index (κ3) is 3.12. The minimum Gasteiger partial charge on any atom is -0.506 e. The normalized spacial score (nSPS) is 12.7. The van der Waals surface area contributed by atoms with Gasteiger partial charge in [-0.1, -0.05) is 13.0 Å². The Balaban J connectivity index is 2.55. The average molecular weight is 213 g/mol. The van der Waals surface area contributed by atoms with Crippen molar-refractivity contribution in [2.75, 3.05) is 12.3 Å². The number of benzene rings is 1. The first-order valence-electron chi connectivity index (χ1n) is 4.43. The van der Waals surface area contributed by atoms with E-state index >= 15 is 0 Å². The maximum atomic E-state index is 9.20. The molecular formula is C10H15NO2S. The summed E-state index contributed by atoms with van der Waals surface area (Å²) >= 11 is 1.66. The first-order valence-corrected chi connectivity index (χ1v) is 5.48. The van der Waals surface area contributed by atoms with Gasteiger partial charge in [0.2, 0.25) is 0 Å². The largest absolute Gasteiger partial charge is 0.506 e. The number of hydrogen-bond donors (Lipinski definition) is 3. The van der Waals surface area contributed by atoms with Crippen LogP contribution in [0.4, 0.5) is 5.69 Å². The molecule has 78 valence electrons. The van der Waals surface area contributed by atoms with Gasteiger partial charge in [0.15, 0.2) is 0 Å². The van der Waals surface area contributed by atoms with Crippen molar-refractivity contribution in [2.24, 2.45) is 0 Å². The maximum absolute atomic E-state index is 9.20. The molecule has 0 heterocycles. The van der Waals surface area contributed by atoms with Gasteiger partial charge in [0, 0.05) is 11.0 Å². The average Bonchev–Trinajstić information content (AvgIpc) is 2.19. The zero-order valence-corrected chi connectivity index (χ0v) is 8.92. The molecule has 0 aliphatic carbocycles. The van der Waals surface area contributed by atoms with E-state index in [0.29, 0.717) is 5.69 Å². The molecule has 1 unspecified atom stereocenters. The van der Waals surface area contributed by atoms with Crippen molar-refractivity contribution in [1.29, 1.82) is 0 Å². The molecule has 4 N–H and O–H groups in total. The first-order chi connectivity index (χ1) is 6.63. The van der Waals surface area contributed by atoms with Gasteiger partial charge in [-0.15, -0.1) is 0 Å². The van der Waals surface area contributed by atoms with Gasteiger partial charge in [-0.05, 0) is 17.7 Å². The molecule has 0 aliphatic heterocycles. The lowest BCUT2D eigenvalue weighted by Gasteiger charge is -2.08. The van der Waals surface area contributed by atoms with E-state index in [9.17, 15) is 5.11 Å². The van der Waals surface area contributed by atoms with Crippen molar-refractivity contribution in [1.82, 2.24) is 0 Å². The maximum Gasteiger partial charge on any atom is 0.138 e. The second kappa shape index (κ2) is 5.12. The molecule has 0 saturated carbocycles. The highest BCUT2D eigenvalue weighted by atomic mass is 32.2. The molecule has 0 fully saturated rings. The predicted molar refractivity (Wildman–Crippen MR) is 60.4 cm³/mol. The number of aromatic hydroxyl groups is 1. The van der Waals surface area contributed by atoms with Gasteiger partial charge in [0.1, 0.15) is 5.75 Å². The van der Waals surface area contributed by atoms with Crippen LogP contribution in [0.3, 0.4) is 0 Å². The van der Waals surface area contributed by atoms with Gasteiger partial charge in [-0.2, -0.15) is 11.8 Å². The predicted octanol–water partition coefficient (Wildman–Crippen LogP) is 1.59. The second-order valence-corrected chi connectivity index (χ2v) is 4.62. The number of aliphatic hydroxyl groups is 1. The topological polar surface area (TPSA) is 66.5 Å². The molecule has 14 heavy (non-hydrogen) atoms. The van der Waals surface area contributed by atoms with E-state index in [1.165, 1.54) is 0 Å². The molecule has 1 aromatic carbocycles. The van der Waals surface area contributed by atoms with Crippen LogP contribution >= 0.6 is 11.8 Å². The van der Waals surface area contributed by atoms with E-state index < -0.39 is 0 Å². The highest BCUT2D eigenvalue weighted by Crippen LogP contribution is 2.24. The van der Waals surface area contributed by atoms with Crippen molar-refractivity contribution in [3.8, 4) is 5.75 Å². The summed E-state index contributed by atoms with van der Waals surface area (Å²) in [7, 11) is 0. The zero-order chi connectivity index (χ0) is 10.6. The van der Waals surface area contributed by atoms with E-state index in [4.69, 9.17) is 10.8 Å². The van der Waals surface area contributed by atoms with Gasteiger partial charge in [-0.25, -0.2) is 0 Å². The zero-order valence-electron chi connectivity index (χ0n) is 8.10. The third-order valence-corrected chi connectivity index (χ3v) is 3.10. The highest BCUT2D eigenvalue weighted by Gasteiger charge is 2.03. The minimum atomic E-state index is 0.119. The quantitative estimate of drug-likeness (QED) is 0.525. The van der Waals surface area contributed by atoms with Gasteiger partial charge < -0.3 is 15.9 Å². The Morgan fingerprint density at radius 1 is 1.50 bits per heavy atom. The monoisotopic (exact) mass is 213 g/mol. The molecule has 0 saturated heterocycles. The van der Waals surface area contributed by atoms with Crippen LogP contribution in [-0.2, 0) is 5.75 Å². The second-order valence-electron chi connectivity index (χ2n) is 3.20. The molecule has 1 rings (SSSR count). The Morgan fingerprint density at radius 3 is 2.79 bits per heavy atom. The number of aliphatic hydroxyl groups excluding tert-OH is 1. The summed E-state index contributed by atoms with van der Waals surface area (Å²) in [5.41, 5.74) is 7.01. The lowest BCUT2D eigenvalue weighted by Crippen LogP contribution is -2.02. The van der Waals surface area contributed by atoms with Gasteiger partial charge in [0.25, 0.3) is 0 Å². The summed E-state index contributed by atoms with van der Waals surface area (Å²) in [6.45, 7) is 2.15. The van der Waals surface area contributed by atoms with Crippen molar-refractivity contribution < 1.29 is 10.2 Å². The van der Waals surface area contributed by atoms with Crippen molar-refractivity contribution in [3.05, 3.63) is 23.8 Å². The van der Waals surface area contributed by atoms with Crippen molar-refractivity contribution >= 4 is 17.4 Å². The first kappa shape index (κ1) is 11.2. The van der Waals surface area contributed by atoms with Crippen molar-refractivity contribution in [3.63, 3.8) is 0 Å². The molecule has 1 atom stereocenters. The number of phenolic OH excluding ortho intramolecular Hbond substituents is 1. The molecule has 1 aromatic rings. The number of hydrogen-bond acceptors (Lipinski definition) is 4. The number of phenols is 1. The Hall–Kier alpha value is -0.870. The minimum absolute atomic E-state index is 0.119. The molecule has 0 radical (unpaired) electrons. The molecule has 4 heteroatoms. The van der Waals surface area contributed by atoms with E-state index in [1.807, 2.05) is 13.0 Å².